The number of nitrogens with one attached hydrogen (secondary N) is 1. The van der Waals surface area contributed by atoms with E-state index in [2.05, 4.69) is 38.8 Å². The van der Waals surface area contributed by atoms with Gasteiger partial charge in [-0.05, 0) is 115 Å². The van der Waals surface area contributed by atoms with Crippen LogP contribution in [0.15, 0.2) is 42.1 Å². The van der Waals surface area contributed by atoms with Gasteiger partial charge >= 0.3 is 5.97 Å². The average molecular weight is 586 g/mol. The summed E-state index contributed by atoms with van der Waals surface area (Å²) in [4.78, 5) is 15.7. The number of aromatic hydroxyl groups is 2. The number of phenolic OH excluding ortho intramolecular Hbond substituents is 2. The number of hydrogen-bond acceptors (Lipinski definition) is 3. The first kappa shape index (κ1) is 28.5. The van der Waals surface area contributed by atoms with Crippen molar-refractivity contribution in [2.24, 2.45) is 27.6 Å². The van der Waals surface area contributed by atoms with Crippen LogP contribution in [0.4, 0.5) is 4.39 Å². The largest absolute Gasteiger partial charge is 0.504 e. The van der Waals surface area contributed by atoms with E-state index in [1.54, 1.807) is 12.1 Å². The number of phenols is 2. The number of rotatable bonds is 2. The molecule has 6 heteroatoms. The molecule has 2 aromatic carbocycles. The lowest BCUT2D eigenvalue weighted by atomic mass is 9.34. The Morgan fingerprint density at radius 2 is 1.72 bits per heavy atom. The highest BCUT2D eigenvalue weighted by atomic mass is 19.1. The fourth-order valence-electron chi connectivity index (χ4n) is 10.6. The van der Waals surface area contributed by atoms with Crippen molar-refractivity contribution in [2.75, 3.05) is 0 Å². The third-order valence-corrected chi connectivity index (χ3v) is 13.7. The minimum absolute atomic E-state index is 0.0957. The van der Waals surface area contributed by atoms with Gasteiger partial charge in [0.15, 0.2) is 11.5 Å². The fraction of sp³-hybridized carbons (Fsp3) is 0.541. The number of benzene rings is 2. The van der Waals surface area contributed by atoms with Gasteiger partial charge in [-0.2, -0.15) is 0 Å². The first-order valence-electron chi connectivity index (χ1n) is 15.9. The Morgan fingerprint density at radius 1 is 1.00 bits per heavy atom. The highest BCUT2D eigenvalue weighted by molar-refractivity contribution is 5.86. The number of aromatic nitrogens is 1. The van der Waals surface area contributed by atoms with E-state index in [1.807, 2.05) is 26.1 Å². The van der Waals surface area contributed by atoms with Crippen LogP contribution in [0.5, 0.6) is 11.5 Å². The van der Waals surface area contributed by atoms with E-state index in [4.69, 9.17) is 0 Å². The molecule has 7 rings (SSSR count). The van der Waals surface area contributed by atoms with Crippen LogP contribution in [-0.4, -0.2) is 26.3 Å². The van der Waals surface area contributed by atoms with Gasteiger partial charge in [-0.3, -0.25) is 4.79 Å². The molecular formula is C37H44FNO4. The second-order valence-electron chi connectivity index (χ2n) is 15.7. The topological polar surface area (TPSA) is 93.5 Å². The molecule has 228 valence electrons. The fourth-order valence-corrected chi connectivity index (χ4v) is 10.6. The number of aliphatic carboxylic acids is 1. The molecule has 0 spiro atoms. The molecule has 0 radical (unpaired) electrons. The summed E-state index contributed by atoms with van der Waals surface area (Å²) in [5.41, 5.74) is 4.09. The number of carboxylic acids is 1. The molecule has 43 heavy (non-hydrogen) atoms. The summed E-state index contributed by atoms with van der Waals surface area (Å²) in [6, 6.07) is 6.91. The Balaban J connectivity index is 1.47. The highest BCUT2D eigenvalue weighted by Gasteiger charge is 2.67. The molecule has 0 saturated heterocycles. The zero-order valence-electron chi connectivity index (χ0n) is 26.2. The van der Waals surface area contributed by atoms with Gasteiger partial charge in [0.1, 0.15) is 5.82 Å². The van der Waals surface area contributed by atoms with Gasteiger partial charge in [0.05, 0.1) is 10.9 Å². The Labute approximate surface area is 253 Å². The van der Waals surface area contributed by atoms with E-state index >= 15 is 0 Å². The molecule has 1 unspecified atom stereocenters. The van der Waals surface area contributed by atoms with Crippen LogP contribution in [0, 0.1) is 40.3 Å². The van der Waals surface area contributed by atoms with E-state index in [9.17, 15) is 24.5 Å². The molecule has 4 aliphatic rings. The zero-order valence-corrected chi connectivity index (χ0v) is 26.2. The molecule has 0 bridgehead atoms. The SMILES string of the molecule is Cc1c(O)c(O)cc2c1C(c1c[nH]c3c(F)cccc13)C=C1[C@@]2(C)CC[C@@]2(C)[C@@H]3C[C@](C)(C(=O)O)CC[C@]3(C)CC[C@]12C. The van der Waals surface area contributed by atoms with Gasteiger partial charge in [0.2, 0.25) is 0 Å². The number of halogens is 1. The molecule has 3 fully saturated rings. The molecule has 7 atom stereocenters. The maximum atomic E-state index is 14.9. The zero-order chi connectivity index (χ0) is 30.9. The van der Waals surface area contributed by atoms with E-state index in [0.717, 1.165) is 60.6 Å². The molecule has 3 aromatic rings. The molecule has 1 heterocycles. The van der Waals surface area contributed by atoms with Crippen molar-refractivity contribution >= 4 is 16.9 Å². The van der Waals surface area contributed by atoms with Gasteiger partial charge in [-0.15, -0.1) is 0 Å². The Bertz CT molecular complexity index is 1740. The number of hydrogen-bond donors (Lipinski definition) is 4. The van der Waals surface area contributed by atoms with Crippen LogP contribution >= 0.6 is 0 Å². The molecule has 1 aromatic heterocycles. The first-order chi connectivity index (χ1) is 20.1. The van der Waals surface area contributed by atoms with Crippen molar-refractivity contribution in [3.63, 3.8) is 0 Å². The summed E-state index contributed by atoms with van der Waals surface area (Å²) in [6.45, 7) is 13.3. The van der Waals surface area contributed by atoms with Crippen molar-refractivity contribution in [1.29, 1.82) is 0 Å². The molecule has 0 aliphatic heterocycles. The lowest BCUT2D eigenvalue weighted by Gasteiger charge is -2.70. The summed E-state index contributed by atoms with van der Waals surface area (Å²) in [7, 11) is 0. The van der Waals surface area contributed by atoms with Crippen LogP contribution in [0.1, 0.15) is 108 Å². The first-order valence-corrected chi connectivity index (χ1v) is 15.9. The van der Waals surface area contributed by atoms with Crippen molar-refractivity contribution < 1.29 is 24.5 Å². The van der Waals surface area contributed by atoms with E-state index in [-0.39, 0.29) is 50.8 Å². The molecule has 3 saturated carbocycles. The predicted molar refractivity (Wildman–Crippen MR) is 166 cm³/mol. The standard InChI is InChI=1S/C37H44FNO4/c1-20-29-22(23-19-39-30-21(23)8-7-9-25(30)38)16-27-35(4,24(29)17-26(40)31(20)41)13-15-37(6)28-18-34(3,32(42)43)11-10-33(28,2)12-14-36(27,37)5/h7-9,16-17,19,22,28,39-41H,10-15,18H2,1-6H3,(H,42,43)/t22?,28-,33-,34-,35+,36-,37+/m1/s1. The second-order valence-corrected chi connectivity index (χ2v) is 15.7. The smallest absolute Gasteiger partial charge is 0.309 e. The minimum Gasteiger partial charge on any atom is -0.504 e. The number of carbonyl (C=O) groups is 1. The second kappa shape index (κ2) is 8.67. The van der Waals surface area contributed by atoms with Crippen LogP contribution in [0.2, 0.25) is 0 Å². The Hall–Kier alpha value is -3.28. The summed E-state index contributed by atoms with van der Waals surface area (Å²) in [5, 5.41) is 33.0. The summed E-state index contributed by atoms with van der Waals surface area (Å²) in [6.07, 6.45) is 10.5. The number of fused-ring (bicyclic) bond motifs is 8. The van der Waals surface area contributed by atoms with Gasteiger partial charge in [-0.1, -0.05) is 51.5 Å². The maximum absolute atomic E-state index is 14.9. The summed E-state index contributed by atoms with van der Waals surface area (Å²) < 4.78 is 14.9. The molecule has 4 N–H and O–H groups in total. The number of allylic oxidation sites excluding steroid dienone is 2. The van der Waals surface area contributed by atoms with E-state index in [0.29, 0.717) is 17.5 Å². The Morgan fingerprint density at radius 3 is 2.44 bits per heavy atom. The normalized spacial score (nSPS) is 38.4. The third-order valence-electron chi connectivity index (χ3n) is 13.7. The van der Waals surface area contributed by atoms with Crippen LogP contribution < -0.4 is 0 Å². The molecular weight excluding hydrogens is 541 g/mol. The van der Waals surface area contributed by atoms with Gasteiger partial charge in [0.25, 0.3) is 0 Å². The number of H-pyrrole nitrogens is 1. The van der Waals surface area contributed by atoms with Crippen LogP contribution in [0.3, 0.4) is 0 Å². The Kier molecular flexibility index (Phi) is 5.74. The lowest BCUT2D eigenvalue weighted by Crippen LogP contribution is -2.62. The predicted octanol–water partition coefficient (Wildman–Crippen LogP) is 8.85. The molecule has 5 nitrogen and oxygen atoms in total. The third kappa shape index (κ3) is 3.47. The van der Waals surface area contributed by atoms with Crippen molar-refractivity contribution in [3.8, 4) is 11.5 Å². The molecule has 0 amide bonds. The summed E-state index contributed by atoms with van der Waals surface area (Å²) in [5.74, 6) is -1.19. The number of para-hydroxylation sites is 1. The van der Waals surface area contributed by atoms with Crippen LogP contribution in [0.25, 0.3) is 10.9 Å². The quantitative estimate of drug-likeness (QED) is 0.179. The van der Waals surface area contributed by atoms with Crippen molar-refractivity contribution in [2.45, 2.75) is 97.8 Å². The number of carboxylic acid groups (broad SMARTS) is 1. The van der Waals surface area contributed by atoms with Gasteiger partial charge in [-0.25, -0.2) is 4.39 Å². The number of aromatic amines is 1. The average Bonchev–Trinajstić information content (AvgIpc) is 3.40. The monoisotopic (exact) mass is 585 g/mol. The van der Waals surface area contributed by atoms with Crippen molar-refractivity contribution in [1.82, 2.24) is 4.98 Å². The minimum atomic E-state index is -0.725. The highest BCUT2D eigenvalue weighted by Crippen LogP contribution is 2.75. The van der Waals surface area contributed by atoms with Crippen LogP contribution in [-0.2, 0) is 10.2 Å². The molecule has 4 aliphatic carbocycles. The van der Waals surface area contributed by atoms with Gasteiger partial charge in [0, 0.05) is 22.9 Å². The van der Waals surface area contributed by atoms with E-state index in [1.165, 1.54) is 11.6 Å². The maximum Gasteiger partial charge on any atom is 0.309 e. The van der Waals surface area contributed by atoms with E-state index < -0.39 is 11.4 Å². The van der Waals surface area contributed by atoms with Crippen molar-refractivity contribution in [3.05, 3.63) is 70.2 Å². The van der Waals surface area contributed by atoms with Gasteiger partial charge < -0.3 is 20.3 Å². The lowest BCUT2D eigenvalue weighted by molar-refractivity contribution is -0.177. The summed E-state index contributed by atoms with van der Waals surface area (Å²) >= 11 is 0.